The summed E-state index contributed by atoms with van der Waals surface area (Å²) in [5, 5.41) is 0. The molecule has 0 unspecified atom stereocenters. The van der Waals surface area contributed by atoms with Crippen molar-refractivity contribution in [3.05, 3.63) is 47.8 Å². The fourth-order valence-electron chi connectivity index (χ4n) is 5.18. The van der Waals surface area contributed by atoms with Gasteiger partial charge in [-0.15, -0.1) is 6.42 Å². The molecular formula is C28H30N4O. The van der Waals surface area contributed by atoms with E-state index in [2.05, 4.69) is 28.4 Å². The predicted octanol–water partition coefficient (Wildman–Crippen LogP) is 4.48. The van der Waals surface area contributed by atoms with Gasteiger partial charge in [-0.2, -0.15) is 0 Å². The number of hydrogen-bond acceptors (Lipinski definition) is 4. The summed E-state index contributed by atoms with van der Waals surface area (Å²) in [7, 11) is 0. The van der Waals surface area contributed by atoms with Gasteiger partial charge in [-0.3, -0.25) is 4.79 Å². The number of hydrogen-bond donors (Lipinski definition) is 0. The first-order chi connectivity index (χ1) is 16.2. The van der Waals surface area contributed by atoms with Crippen LogP contribution in [0.5, 0.6) is 0 Å². The maximum absolute atomic E-state index is 12.9. The zero-order valence-corrected chi connectivity index (χ0v) is 19.0. The summed E-state index contributed by atoms with van der Waals surface area (Å²) in [6.45, 7) is 6.25. The highest BCUT2D eigenvalue weighted by atomic mass is 16.2. The van der Waals surface area contributed by atoms with Crippen molar-refractivity contribution < 1.29 is 4.79 Å². The smallest absolute Gasteiger partial charge is 0.226 e. The van der Waals surface area contributed by atoms with Crippen LogP contribution in [-0.4, -0.2) is 46.5 Å². The average molecular weight is 439 g/mol. The number of terminal acetylenes is 1. The van der Waals surface area contributed by atoms with Crippen LogP contribution in [0.4, 0.5) is 5.82 Å². The van der Waals surface area contributed by atoms with E-state index in [0.29, 0.717) is 17.7 Å². The molecule has 0 bridgehead atoms. The number of anilines is 1. The van der Waals surface area contributed by atoms with Crippen LogP contribution in [0.3, 0.4) is 0 Å². The molecule has 5 nitrogen and oxygen atoms in total. The van der Waals surface area contributed by atoms with Crippen molar-refractivity contribution >= 4 is 17.8 Å². The molecule has 1 atom stereocenters. The molecule has 4 fully saturated rings. The molecule has 5 heteroatoms. The van der Waals surface area contributed by atoms with Crippen LogP contribution in [0.2, 0.25) is 0 Å². The Kier molecular flexibility index (Phi) is 4.98. The molecule has 1 aliphatic heterocycles. The molecule has 6 rings (SSSR count). The fourth-order valence-corrected chi connectivity index (χ4v) is 5.18. The van der Waals surface area contributed by atoms with Gasteiger partial charge in [0, 0.05) is 37.0 Å². The van der Waals surface area contributed by atoms with Gasteiger partial charge in [-0.05, 0) is 68.7 Å². The minimum atomic E-state index is 0.275. The van der Waals surface area contributed by atoms with Crippen molar-refractivity contribution in [3.63, 3.8) is 0 Å². The highest BCUT2D eigenvalue weighted by Crippen LogP contribution is 2.45. The van der Waals surface area contributed by atoms with Crippen LogP contribution < -0.4 is 4.90 Å². The van der Waals surface area contributed by atoms with Crippen molar-refractivity contribution in [2.24, 2.45) is 11.8 Å². The third kappa shape index (κ3) is 3.93. The maximum Gasteiger partial charge on any atom is 0.226 e. The Morgan fingerprint density at radius 3 is 2.61 bits per heavy atom. The second-order valence-electron chi connectivity index (χ2n) is 10.0. The summed E-state index contributed by atoms with van der Waals surface area (Å²) in [5.74, 6) is 5.56. The van der Waals surface area contributed by atoms with Gasteiger partial charge in [0.1, 0.15) is 5.82 Å². The second-order valence-corrected chi connectivity index (χ2v) is 10.0. The highest BCUT2D eigenvalue weighted by molar-refractivity contribution is 5.82. The molecule has 0 radical (unpaired) electrons. The molecule has 3 saturated carbocycles. The van der Waals surface area contributed by atoms with Gasteiger partial charge < -0.3 is 9.80 Å². The summed E-state index contributed by atoms with van der Waals surface area (Å²) in [4.78, 5) is 27.4. The first kappa shape index (κ1) is 20.5. The van der Waals surface area contributed by atoms with Crippen LogP contribution in [0.25, 0.3) is 17.3 Å². The molecular weight excluding hydrogens is 408 g/mol. The summed E-state index contributed by atoms with van der Waals surface area (Å²) in [6, 6.07) is 8.39. The number of rotatable bonds is 6. The average Bonchev–Trinajstić information content (AvgIpc) is 3.72. The molecule has 0 N–H and O–H groups in total. The minimum Gasteiger partial charge on any atom is -0.352 e. The highest BCUT2D eigenvalue weighted by Gasteiger charge is 2.45. The molecule has 4 aliphatic rings. The minimum absolute atomic E-state index is 0.275. The van der Waals surface area contributed by atoms with Gasteiger partial charge in [0.2, 0.25) is 5.91 Å². The van der Waals surface area contributed by atoms with Crippen molar-refractivity contribution in [2.45, 2.75) is 50.5 Å². The first-order valence-electron chi connectivity index (χ1n) is 12.3. The molecule has 3 aliphatic carbocycles. The molecule has 168 valence electrons. The van der Waals surface area contributed by atoms with Crippen molar-refractivity contribution in [1.82, 2.24) is 14.9 Å². The van der Waals surface area contributed by atoms with Gasteiger partial charge in [0.05, 0.1) is 28.7 Å². The maximum atomic E-state index is 12.9. The SMILES string of the molecule is C#Cc1cc(-c2cccc(C=C)n2)c(C2CC2)nc1N1CCN(C(=O)C2CC2)[C@H](C2CC2)C1. The fraction of sp³-hybridized carbons (Fsp3) is 0.464. The lowest BCUT2D eigenvalue weighted by Crippen LogP contribution is -2.57. The Morgan fingerprint density at radius 2 is 1.94 bits per heavy atom. The monoisotopic (exact) mass is 438 g/mol. The van der Waals surface area contributed by atoms with Crippen LogP contribution >= 0.6 is 0 Å². The van der Waals surface area contributed by atoms with E-state index in [9.17, 15) is 4.79 Å². The van der Waals surface area contributed by atoms with Gasteiger partial charge in [-0.25, -0.2) is 9.97 Å². The first-order valence-corrected chi connectivity index (χ1v) is 12.3. The quantitative estimate of drug-likeness (QED) is 0.624. The Hall–Kier alpha value is -3.13. The molecule has 3 heterocycles. The molecule has 33 heavy (non-hydrogen) atoms. The Balaban J connectivity index is 1.35. The van der Waals surface area contributed by atoms with E-state index in [1.165, 1.54) is 12.8 Å². The zero-order valence-electron chi connectivity index (χ0n) is 19.0. The van der Waals surface area contributed by atoms with Crippen LogP contribution in [0.1, 0.15) is 61.4 Å². The van der Waals surface area contributed by atoms with Gasteiger partial charge in [0.15, 0.2) is 0 Å². The Bertz CT molecular complexity index is 1150. The summed E-state index contributed by atoms with van der Waals surface area (Å²) < 4.78 is 0. The zero-order chi connectivity index (χ0) is 22.5. The van der Waals surface area contributed by atoms with E-state index in [1.807, 2.05) is 18.2 Å². The molecule has 1 saturated heterocycles. The van der Waals surface area contributed by atoms with Gasteiger partial charge in [0.25, 0.3) is 0 Å². The van der Waals surface area contributed by atoms with E-state index in [0.717, 1.165) is 79.3 Å². The molecule has 1 amide bonds. The Labute approximate surface area is 195 Å². The topological polar surface area (TPSA) is 49.3 Å². The molecule has 2 aromatic heterocycles. The number of aromatic nitrogens is 2. The standard InChI is InChI=1S/C28H30N4O/c1-3-18-16-23(24-7-5-6-22(4-2)29-24)26(20-10-11-20)30-27(18)31-14-15-32(28(33)21-12-13-21)25(17-31)19-8-9-19/h1,4-7,16,19-21,25H,2,8-15,17H2/t25-/m0/s1. The predicted molar refractivity (Wildman–Crippen MR) is 131 cm³/mol. The third-order valence-electron chi connectivity index (χ3n) is 7.50. The van der Waals surface area contributed by atoms with Crippen molar-refractivity contribution in [3.8, 4) is 23.6 Å². The Morgan fingerprint density at radius 1 is 1.12 bits per heavy atom. The van der Waals surface area contributed by atoms with E-state index < -0.39 is 0 Å². The lowest BCUT2D eigenvalue weighted by Gasteiger charge is -2.43. The summed E-state index contributed by atoms with van der Waals surface area (Å²) in [5.41, 5.74) is 4.72. The number of nitrogens with zero attached hydrogens (tertiary/aromatic N) is 4. The molecule has 2 aromatic rings. The molecule has 0 aromatic carbocycles. The van der Waals surface area contributed by atoms with Crippen LogP contribution in [0, 0.1) is 24.2 Å². The largest absolute Gasteiger partial charge is 0.352 e. The van der Waals surface area contributed by atoms with Crippen LogP contribution in [0.15, 0.2) is 30.8 Å². The van der Waals surface area contributed by atoms with E-state index in [-0.39, 0.29) is 12.0 Å². The number of piperazine rings is 1. The van der Waals surface area contributed by atoms with Gasteiger partial charge in [-0.1, -0.05) is 18.6 Å². The van der Waals surface area contributed by atoms with Gasteiger partial charge >= 0.3 is 0 Å². The number of carbonyl (C=O) groups is 1. The third-order valence-corrected chi connectivity index (χ3v) is 7.50. The summed E-state index contributed by atoms with van der Waals surface area (Å²) in [6.07, 6.45) is 14.7. The van der Waals surface area contributed by atoms with E-state index >= 15 is 0 Å². The van der Waals surface area contributed by atoms with Crippen LogP contribution in [-0.2, 0) is 4.79 Å². The van der Waals surface area contributed by atoms with E-state index in [4.69, 9.17) is 16.4 Å². The van der Waals surface area contributed by atoms with E-state index in [1.54, 1.807) is 6.08 Å². The lowest BCUT2D eigenvalue weighted by atomic mass is 10.0. The lowest BCUT2D eigenvalue weighted by molar-refractivity contribution is -0.135. The van der Waals surface area contributed by atoms with Crippen molar-refractivity contribution in [1.29, 1.82) is 0 Å². The second kappa shape index (κ2) is 8.02. The number of pyridine rings is 2. The molecule has 0 spiro atoms. The van der Waals surface area contributed by atoms with Crippen molar-refractivity contribution in [2.75, 3.05) is 24.5 Å². The number of carbonyl (C=O) groups excluding carboxylic acids is 1. The number of amides is 1. The summed E-state index contributed by atoms with van der Waals surface area (Å²) >= 11 is 0. The normalized spacial score (nSPS) is 22.7.